The largest absolute Gasteiger partial charge is 0.444 e. The van der Waals surface area contributed by atoms with E-state index >= 15 is 0 Å². The lowest BCUT2D eigenvalue weighted by Crippen LogP contribution is -2.14. The summed E-state index contributed by atoms with van der Waals surface area (Å²) < 4.78 is 10.8. The monoisotopic (exact) mass is 308 g/mol. The molecule has 0 spiro atoms. The van der Waals surface area contributed by atoms with Crippen LogP contribution in [0.4, 0.5) is 10.6 Å². The Bertz CT molecular complexity index is 783. The maximum absolute atomic E-state index is 12.0. The Labute approximate surface area is 133 Å². The third-order valence-corrected chi connectivity index (χ3v) is 3.20. The number of oxazole rings is 1. The minimum absolute atomic E-state index is 0.199. The Morgan fingerprint density at radius 1 is 1.09 bits per heavy atom. The zero-order valence-electron chi connectivity index (χ0n) is 12.7. The molecule has 0 fully saturated rings. The SMILES string of the molecule is Cc1nc(NC(=O)OCc2ccccc2)c(-c2ccccc2)o1. The van der Waals surface area contributed by atoms with Crippen molar-refractivity contribution in [2.45, 2.75) is 13.5 Å². The average Bonchev–Trinajstić information content (AvgIpc) is 2.95. The second kappa shape index (κ2) is 6.79. The zero-order valence-corrected chi connectivity index (χ0v) is 12.7. The van der Waals surface area contributed by atoms with Gasteiger partial charge in [0.25, 0.3) is 0 Å². The molecule has 0 atom stereocenters. The van der Waals surface area contributed by atoms with Crippen molar-refractivity contribution in [2.75, 3.05) is 5.32 Å². The number of nitrogens with one attached hydrogen (secondary N) is 1. The molecule has 0 bridgehead atoms. The van der Waals surface area contributed by atoms with Crippen LogP contribution in [0.3, 0.4) is 0 Å². The van der Waals surface area contributed by atoms with Crippen molar-refractivity contribution in [1.82, 2.24) is 4.98 Å². The summed E-state index contributed by atoms with van der Waals surface area (Å²) in [6.45, 7) is 1.93. The first-order valence-corrected chi connectivity index (χ1v) is 7.23. The number of amides is 1. The number of ether oxygens (including phenoxy) is 1. The van der Waals surface area contributed by atoms with Gasteiger partial charge < -0.3 is 9.15 Å². The maximum Gasteiger partial charge on any atom is 0.413 e. The van der Waals surface area contributed by atoms with Crippen LogP contribution < -0.4 is 5.32 Å². The lowest BCUT2D eigenvalue weighted by atomic mass is 10.2. The number of aryl methyl sites for hydroxylation is 1. The molecule has 116 valence electrons. The lowest BCUT2D eigenvalue weighted by molar-refractivity contribution is 0.155. The molecule has 3 aromatic rings. The van der Waals surface area contributed by atoms with Gasteiger partial charge in [-0.1, -0.05) is 60.7 Å². The number of carbonyl (C=O) groups excluding carboxylic acids is 1. The summed E-state index contributed by atoms with van der Waals surface area (Å²) in [7, 11) is 0. The highest BCUT2D eigenvalue weighted by atomic mass is 16.5. The van der Waals surface area contributed by atoms with E-state index in [-0.39, 0.29) is 6.61 Å². The number of anilines is 1. The van der Waals surface area contributed by atoms with Gasteiger partial charge in [0.05, 0.1) is 0 Å². The van der Waals surface area contributed by atoms with E-state index in [4.69, 9.17) is 9.15 Å². The van der Waals surface area contributed by atoms with Crippen LogP contribution >= 0.6 is 0 Å². The van der Waals surface area contributed by atoms with E-state index in [9.17, 15) is 4.79 Å². The van der Waals surface area contributed by atoms with Crippen molar-refractivity contribution in [3.8, 4) is 11.3 Å². The molecule has 1 amide bonds. The molecule has 5 nitrogen and oxygen atoms in total. The van der Waals surface area contributed by atoms with E-state index in [0.717, 1.165) is 11.1 Å². The van der Waals surface area contributed by atoms with E-state index in [1.165, 1.54) is 0 Å². The van der Waals surface area contributed by atoms with Crippen LogP contribution in [0.1, 0.15) is 11.5 Å². The third-order valence-electron chi connectivity index (χ3n) is 3.20. The van der Waals surface area contributed by atoms with E-state index in [2.05, 4.69) is 10.3 Å². The van der Waals surface area contributed by atoms with Gasteiger partial charge in [0.1, 0.15) is 6.61 Å². The number of nitrogens with zero attached hydrogens (tertiary/aromatic N) is 1. The summed E-state index contributed by atoms with van der Waals surface area (Å²) in [6, 6.07) is 19.0. The molecular weight excluding hydrogens is 292 g/mol. The van der Waals surface area contributed by atoms with Gasteiger partial charge in [0.2, 0.25) is 0 Å². The summed E-state index contributed by atoms with van der Waals surface area (Å²) >= 11 is 0. The number of aromatic nitrogens is 1. The van der Waals surface area contributed by atoms with Crippen molar-refractivity contribution < 1.29 is 13.9 Å². The number of benzene rings is 2. The van der Waals surface area contributed by atoms with Gasteiger partial charge >= 0.3 is 6.09 Å². The first kappa shape index (κ1) is 14.8. The Balaban J connectivity index is 1.69. The summed E-state index contributed by atoms with van der Waals surface area (Å²) in [5.41, 5.74) is 1.76. The normalized spacial score (nSPS) is 10.3. The lowest BCUT2D eigenvalue weighted by Gasteiger charge is -2.06. The van der Waals surface area contributed by atoms with Crippen molar-refractivity contribution >= 4 is 11.9 Å². The second-order valence-corrected chi connectivity index (χ2v) is 4.96. The molecule has 0 saturated carbocycles. The topological polar surface area (TPSA) is 64.4 Å². The Morgan fingerprint density at radius 3 is 2.43 bits per heavy atom. The smallest absolute Gasteiger partial charge is 0.413 e. The standard InChI is InChI=1S/C18H16N2O3/c1-13-19-17(16(23-13)15-10-6-3-7-11-15)20-18(21)22-12-14-8-4-2-5-9-14/h2-11H,12H2,1H3,(H,20,21). The fourth-order valence-electron chi connectivity index (χ4n) is 2.15. The average molecular weight is 308 g/mol. The van der Waals surface area contributed by atoms with Crippen LogP contribution in [0.5, 0.6) is 0 Å². The highest BCUT2D eigenvalue weighted by Gasteiger charge is 2.16. The van der Waals surface area contributed by atoms with Gasteiger partial charge in [-0.3, -0.25) is 5.32 Å². The summed E-state index contributed by atoms with van der Waals surface area (Å²) in [5, 5.41) is 2.63. The first-order valence-electron chi connectivity index (χ1n) is 7.23. The predicted octanol–water partition coefficient (Wildman–Crippen LogP) is 4.40. The number of hydrogen-bond acceptors (Lipinski definition) is 4. The van der Waals surface area contributed by atoms with Crippen LogP contribution in [0.2, 0.25) is 0 Å². The van der Waals surface area contributed by atoms with Crippen LogP contribution in [0.25, 0.3) is 11.3 Å². The maximum atomic E-state index is 12.0. The van der Waals surface area contributed by atoms with Crippen molar-refractivity contribution in [1.29, 1.82) is 0 Å². The van der Waals surface area contributed by atoms with Crippen molar-refractivity contribution in [3.63, 3.8) is 0 Å². The fourth-order valence-corrected chi connectivity index (χ4v) is 2.15. The Kier molecular flexibility index (Phi) is 4.38. The molecule has 0 aliphatic carbocycles. The highest BCUT2D eigenvalue weighted by Crippen LogP contribution is 2.28. The minimum Gasteiger partial charge on any atom is -0.444 e. The zero-order chi connectivity index (χ0) is 16.1. The second-order valence-electron chi connectivity index (χ2n) is 4.96. The van der Waals surface area contributed by atoms with Crippen LogP contribution in [-0.4, -0.2) is 11.1 Å². The number of carbonyl (C=O) groups is 1. The van der Waals surface area contributed by atoms with Gasteiger partial charge in [-0.25, -0.2) is 4.79 Å². The number of hydrogen-bond donors (Lipinski definition) is 1. The molecule has 0 radical (unpaired) electrons. The summed E-state index contributed by atoms with van der Waals surface area (Å²) in [6.07, 6.45) is -0.570. The van der Waals surface area contributed by atoms with Gasteiger partial charge in [0.15, 0.2) is 17.5 Å². The Hall–Kier alpha value is -3.08. The molecule has 1 aromatic heterocycles. The van der Waals surface area contributed by atoms with Crippen molar-refractivity contribution in [2.24, 2.45) is 0 Å². The third kappa shape index (κ3) is 3.77. The van der Waals surface area contributed by atoms with E-state index in [1.807, 2.05) is 60.7 Å². The fraction of sp³-hybridized carbons (Fsp3) is 0.111. The predicted molar refractivity (Wildman–Crippen MR) is 86.9 cm³/mol. The minimum atomic E-state index is -0.570. The molecule has 0 saturated heterocycles. The van der Waals surface area contributed by atoms with Crippen LogP contribution in [0.15, 0.2) is 65.1 Å². The van der Waals surface area contributed by atoms with Gasteiger partial charge in [-0.05, 0) is 5.56 Å². The summed E-state index contributed by atoms with van der Waals surface area (Å²) in [4.78, 5) is 16.2. The quantitative estimate of drug-likeness (QED) is 0.776. The van der Waals surface area contributed by atoms with Crippen molar-refractivity contribution in [3.05, 3.63) is 72.1 Å². The molecule has 2 aromatic carbocycles. The molecule has 0 aliphatic rings. The first-order chi connectivity index (χ1) is 11.2. The molecule has 5 heteroatoms. The molecule has 1 heterocycles. The van der Waals surface area contributed by atoms with Gasteiger partial charge in [0, 0.05) is 12.5 Å². The van der Waals surface area contributed by atoms with E-state index in [0.29, 0.717) is 17.5 Å². The van der Waals surface area contributed by atoms with E-state index < -0.39 is 6.09 Å². The van der Waals surface area contributed by atoms with Gasteiger partial charge in [-0.15, -0.1) is 0 Å². The Morgan fingerprint density at radius 2 is 1.74 bits per heavy atom. The van der Waals surface area contributed by atoms with Gasteiger partial charge in [-0.2, -0.15) is 4.98 Å². The molecule has 1 N–H and O–H groups in total. The van der Waals surface area contributed by atoms with Crippen LogP contribution in [-0.2, 0) is 11.3 Å². The van der Waals surface area contributed by atoms with E-state index in [1.54, 1.807) is 6.92 Å². The highest BCUT2D eigenvalue weighted by molar-refractivity contribution is 5.88. The molecule has 0 aliphatic heterocycles. The molecule has 3 rings (SSSR count). The number of rotatable bonds is 4. The molecule has 0 unspecified atom stereocenters. The van der Waals surface area contributed by atoms with Crippen LogP contribution in [0, 0.1) is 6.92 Å². The molecular formula is C18H16N2O3. The molecule has 23 heavy (non-hydrogen) atoms. The summed E-state index contributed by atoms with van der Waals surface area (Å²) in [5.74, 6) is 1.34.